The molecule has 0 amide bonds. The summed E-state index contributed by atoms with van der Waals surface area (Å²) in [4.78, 5) is 0. The van der Waals surface area contributed by atoms with E-state index in [1.165, 1.54) is 0 Å². The molecular formula is C10H8NO2S-. The molecule has 72 valence electrons. The molecule has 0 radical (unpaired) electrons. The summed E-state index contributed by atoms with van der Waals surface area (Å²) in [5, 5.41) is 1.88. The van der Waals surface area contributed by atoms with Gasteiger partial charge in [-0.1, -0.05) is 36.4 Å². The van der Waals surface area contributed by atoms with Gasteiger partial charge in [-0.15, -0.1) is 0 Å². The summed E-state index contributed by atoms with van der Waals surface area (Å²) in [6.07, 6.45) is 0. The Labute approximate surface area is 83.5 Å². The number of hydrogen-bond donors (Lipinski definition) is 1. The van der Waals surface area contributed by atoms with Gasteiger partial charge in [0, 0.05) is 5.39 Å². The summed E-state index contributed by atoms with van der Waals surface area (Å²) < 4.78 is 22.3. The van der Waals surface area contributed by atoms with Gasteiger partial charge in [-0.2, -0.15) is 0 Å². The maximum absolute atomic E-state index is 10.6. The molecule has 0 heterocycles. The second-order valence-electron chi connectivity index (χ2n) is 2.80. The fourth-order valence-corrected chi connectivity index (χ4v) is 1.66. The fraction of sp³-hybridized carbons (Fsp3) is 0. The van der Waals surface area contributed by atoms with Gasteiger partial charge < -0.3 is 13.2 Å². The summed E-state index contributed by atoms with van der Waals surface area (Å²) in [6.45, 7) is 0. The number of nitrogens with one attached hydrogen (secondary N) is 1. The Morgan fingerprint density at radius 3 is 2.57 bits per heavy atom. The van der Waals surface area contributed by atoms with Crippen LogP contribution in [0.25, 0.3) is 10.8 Å². The Morgan fingerprint density at radius 2 is 1.79 bits per heavy atom. The molecule has 2 aromatic carbocycles. The van der Waals surface area contributed by atoms with Gasteiger partial charge in [0.2, 0.25) is 0 Å². The lowest BCUT2D eigenvalue weighted by molar-refractivity contribution is 0.529. The minimum absolute atomic E-state index is 0.483. The van der Waals surface area contributed by atoms with Crippen molar-refractivity contribution in [3.05, 3.63) is 42.5 Å². The van der Waals surface area contributed by atoms with Gasteiger partial charge >= 0.3 is 0 Å². The van der Waals surface area contributed by atoms with E-state index in [0.717, 1.165) is 10.8 Å². The Morgan fingerprint density at radius 1 is 1.07 bits per heavy atom. The SMILES string of the molecule is N=[S-](=O)Oc1cccc2ccccc12. The average molecular weight is 206 g/mol. The van der Waals surface area contributed by atoms with E-state index in [1.54, 1.807) is 6.07 Å². The minimum atomic E-state index is -2.02. The zero-order valence-corrected chi connectivity index (χ0v) is 8.08. The average Bonchev–Trinajstić information content (AvgIpc) is 2.18. The highest BCUT2D eigenvalue weighted by atomic mass is 32.2. The van der Waals surface area contributed by atoms with E-state index in [9.17, 15) is 4.21 Å². The van der Waals surface area contributed by atoms with Gasteiger partial charge in [-0.3, -0.25) is 0 Å². The second kappa shape index (κ2) is 3.67. The van der Waals surface area contributed by atoms with Crippen LogP contribution in [0.15, 0.2) is 42.5 Å². The highest BCUT2D eigenvalue weighted by Crippen LogP contribution is 2.24. The van der Waals surface area contributed by atoms with Crippen LogP contribution in [0, 0.1) is 4.78 Å². The van der Waals surface area contributed by atoms with Crippen LogP contribution < -0.4 is 4.18 Å². The first-order chi connectivity index (χ1) is 6.77. The van der Waals surface area contributed by atoms with Gasteiger partial charge in [-0.25, -0.2) is 0 Å². The van der Waals surface area contributed by atoms with Gasteiger partial charge in [0.1, 0.15) is 5.75 Å². The molecule has 0 aliphatic carbocycles. The Bertz CT molecular complexity index is 521. The third kappa shape index (κ3) is 1.70. The van der Waals surface area contributed by atoms with Crippen molar-refractivity contribution < 1.29 is 8.39 Å². The minimum Gasteiger partial charge on any atom is -0.546 e. The molecule has 3 nitrogen and oxygen atoms in total. The molecule has 0 atom stereocenters. The molecule has 4 heteroatoms. The Kier molecular flexibility index (Phi) is 2.37. The summed E-state index contributed by atoms with van der Waals surface area (Å²) >= 11 is 0. The number of hydrogen-bond acceptors (Lipinski definition) is 4. The van der Waals surface area contributed by atoms with Crippen LogP contribution in [-0.2, 0) is 15.1 Å². The third-order valence-electron chi connectivity index (χ3n) is 1.92. The Hall–Kier alpha value is -1.55. The molecule has 0 unspecified atom stereocenters. The first-order valence-corrected chi connectivity index (χ1v) is 5.14. The molecular weight excluding hydrogens is 198 g/mol. The molecule has 0 aliphatic heterocycles. The highest BCUT2D eigenvalue weighted by Gasteiger charge is 1.97. The molecule has 1 N–H and O–H groups in total. The van der Waals surface area contributed by atoms with E-state index in [0.29, 0.717) is 5.75 Å². The maximum Gasteiger partial charge on any atom is 0.108 e. The van der Waals surface area contributed by atoms with Crippen molar-refractivity contribution in [1.29, 1.82) is 4.78 Å². The van der Waals surface area contributed by atoms with E-state index in [-0.39, 0.29) is 0 Å². The van der Waals surface area contributed by atoms with Crippen LogP contribution in [-0.4, -0.2) is 0 Å². The van der Waals surface area contributed by atoms with Crippen molar-refractivity contribution in [1.82, 2.24) is 0 Å². The van der Waals surface area contributed by atoms with E-state index >= 15 is 0 Å². The molecule has 14 heavy (non-hydrogen) atoms. The first kappa shape index (κ1) is 9.02. The van der Waals surface area contributed by atoms with Crippen molar-refractivity contribution in [2.45, 2.75) is 0 Å². The van der Waals surface area contributed by atoms with E-state index < -0.39 is 10.9 Å². The van der Waals surface area contributed by atoms with E-state index in [1.807, 2.05) is 36.4 Å². The number of rotatable bonds is 2. The molecule has 0 saturated heterocycles. The topological polar surface area (TPSA) is 50.2 Å². The zero-order chi connectivity index (χ0) is 9.97. The lowest BCUT2D eigenvalue weighted by Gasteiger charge is -2.09. The van der Waals surface area contributed by atoms with Crippen LogP contribution in [0.5, 0.6) is 5.75 Å². The smallest absolute Gasteiger partial charge is 0.108 e. The quantitative estimate of drug-likeness (QED) is 0.768. The summed E-state index contributed by atoms with van der Waals surface area (Å²) in [7, 11) is -2.02. The highest BCUT2D eigenvalue weighted by molar-refractivity contribution is 7.68. The molecule has 0 aliphatic rings. The lowest BCUT2D eigenvalue weighted by Crippen LogP contribution is -1.88. The molecule has 0 fully saturated rings. The second-order valence-corrected chi connectivity index (χ2v) is 3.43. The predicted octanol–water partition coefficient (Wildman–Crippen LogP) is 2.86. The Balaban J connectivity index is 2.64. The lowest BCUT2D eigenvalue weighted by atomic mass is 10.1. The van der Waals surface area contributed by atoms with Crippen molar-refractivity contribution in [2.75, 3.05) is 0 Å². The van der Waals surface area contributed by atoms with Crippen LogP contribution in [0.4, 0.5) is 0 Å². The largest absolute Gasteiger partial charge is 0.546 e. The van der Waals surface area contributed by atoms with Crippen LogP contribution in [0.2, 0.25) is 0 Å². The summed E-state index contributed by atoms with van der Waals surface area (Å²) in [6, 6.07) is 13.1. The van der Waals surface area contributed by atoms with E-state index in [4.69, 9.17) is 8.96 Å². The van der Waals surface area contributed by atoms with Crippen LogP contribution >= 0.6 is 0 Å². The van der Waals surface area contributed by atoms with Gasteiger partial charge in [0.15, 0.2) is 0 Å². The van der Waals surface area contributed by atoms with Gasteiger partial charge in [-0.05, 0) is 22.3 Å². The zero-order valence-electron chi connectivity index (χ0n) is 7.27. The standard InChI is InChI=1S/C10H8NO2S/c11-14(12)13-10-7-3-5-8-4-1-2-6-9(8)10/h1-7,11H/q-1. The molecule has 2 rings (SSSR count). The molecule has 0 bridgehead atoms. The van der Waals surface area contributed by atoms with Gasteiger partial charge in [0.25, 0.3) is 0 Å². The normalized spacial score (nSPS) is 10.6. The predicted molar refractivity (Wildman–Crippen MR) is 55.3 cm³/mol. The monoisotopic (exact) mass is 206 g/mol. The maximum atomic E-state index is 10.6. The van der Waals surface area contributed by atoms with Crippen LogP contribution in [0.1, 0.15) is 0 Å². The summed E-state index contributed by atoms with van der Waals surface area (Å²) in [5.74, 6) is 0.483. The van der Waals surface area contributed by atoms with E-state index in [2.05, 4.69) is 0 Å². The van der Waals surface area contributed by atoms with Crippen molar-refractivity contribution >= 4 is 21.6 Å². The molecule has 0 saturated carbocycles. The molecule has 0 spiro atoms. The number of fused-ring (bicyclic) bond motifs is 1. The third-order valence-corrected chi connectivity index (χ3v) is 2.25. The van der Waals surface area contributed by atoms with Crippen molar-refractivity contribution in [3.8, 4) is 5.75 Å². The van der Waals surface area contributed by atoms with Crippen molar-refractivity contribution in [3.63, 3.8) is 0 Å². The van der Waals surface area contributed by atoms with Gasteiger partial charge in [0.05, 0.1) is 0 Å². The summed E-state index contributed by atoms with van der Waals surface area (Å²) in [5.41, 5.74) is 0. The van der Waals surface area contributed by atoms with Crippen molar-refractivity contribution in [2.24, 2.45) is 0 Å². The molecule has 0 aromatic heterocycles. The fourth-order valence-electron chi connectivity index (χ4n) is 1.35. The first-order valence-electron chi connectivity index (χ1n) is 4.06. The molecule has 2 aromatic rings. The number of benzene rings is 2. The van der Waals surface area contributed by atoms with Crippen LogP contribution in [0.3, 0.4) is 0 Å².